The lowest BCUT2D eigenvalue weighted by Crippen LogP contribution is -2.50. The molecule has 0 aliphatic carbocycles. The summed E-state index contributed by atoms with van der Waals surface area (Å²) in [6.07, 6.45) is 13.7. The zero-order chi connectivity index (χ0) is 45.1. The van der Waals surface area contributed by atoms with Crippen molar-refractivity contribution in [2.75, 3.05) is 80.5 Å². The Morgan fingerprint density at radius 2 is 1.18 bits per heavy atom. The van der Waals surface area contributed by atoms with Crippen molar-refractivity contribution in [1.82, 2.24) is 10.6 Å². The highest BCUT2D eigenvalue weighted by molar-refractivity contribution is 8.76. The summed E-state index contributed by atoms with van der Waals surface area (Å²) in [5, 5.41) is 61.9. The molecule has 1 aromatic heterocycles. The number of aliphatic carboxylic acids is 2. The van der Waals surface area contributed by atoms with Crippen molar-refractivity contribution in [3.05, 3.63) is 121 Å². The van der Waals surface area contributed by atoms with E-state index in [4.69, 9.17) is 0 Å². The zero-order valence-corrected chi connectivity index (χ0v) is 35.9. The quantitative estimate of drug-likeness (QED) is 0.0164. The van der Waals surface area contributed by atoms with E-state index in [1.54, 1.807) is 47.2 Å². The molecule has 3 rings (SSSR count). The van der Waals surface area contributed by atoms with Crippen LogP contribution in [0.5, 0.6) is 0 Å². The number of nitrogens with one attached hydrogen (secondary N) is 2. The first-order valence-corrected chi connectivity index (χ1v) is 22.1. The number of allylic oxidation sites excluding steroid dienone is 4. The normalized spacial score (nSPS) is 12.7. The van der Waals surface area contributed by atoms with Gasteiger partial charge in [0.2, 0.25) is 18.1 Å². The summed E-state index contributed by atoms with van der Waals surface area (Å²) in [4.78, 5) is 57.9. The molecule has 0 aliphatic heterocycles. The molecule has 18 heteroatoms. The third-order valence-corrected chi connectivity index (χ3v) is 11.2. The number of hydrogen-bond donors (Lipinski definition) is 8. The van der Waals surface area contributed by atoms with Crippen molar-refractivity contribution >= 4 is 80.7 Å². The Morgan fingerprint density at radius 1 is 0.677 bits per heavy atom. The van der Waals surface area contributed by atoms with Gasteiger partial charge in [-0.3, -0.25) is 14.6 Å². The number of nitrogens with zero attached hydrogens (tertiary/aromatic N) is 4. The van der Waals surface area contributed by atoms with Gasteiger partial charge in [-0.05, 0) is 59.7 Å². The summed E-state index contributed by atoms with van der Waals surface area (Å²) in [5.41, 5.74) is 4.50. The van der Waals surface area contributed by atoms with Crippen LogP contribution in [0.4, 0.5) is 11.4 Å². The fourth-order valence-corrected chi connectivity index (χ4v) is 7.98. The molecule has 0 saturated heterocycles. The molecule has 332 valence electrons. The number of aliphatic hydroxyl groups is 4. The lowest BCUT2D eigenvalue weighted by Gasteiger charge is -2.22. The average Bonchev–Trinajstić information content (AvgIpc) is 3.26. The Labute approximate surface area is 369 Å². The first-order chi connectivity index (χ1) is 30.0. The van der Waals surface area contributed by atoms with E-state index >= 15 is 0 Å². The van der Waals surface area contributed by atoms with Crippen molar-refractivity contribution in [3.63, 3.8) is 0 Å². The molecule has 2 atom stereocenters. The number of pyridine rings is 1. The number of aliphatic hydroxyl groups excluding tert-OH is 4. The molecule has 2 aromatic carbocycles. The molecular weight excluding hydrogens is 837 g/mol. The van der Waals surface area contributed by atoms with Gasteiger partial charge in [0.1, 0.15) is 18.6 Å². The molecule has 0 bridgehead atoms. The van der Waals surface area contributed by atoms with Gasteiger partial charge in [0.25, 0.3) is 5.91 Å². The van der Waals surface area contributed by atoms with Crippen LogP contribution in [0.3, 0.4) is 0 Å². The SMILES string of the molecule is C=C/C=C\C(/C=C/c1ccc(N(CCO)CCO)cc1)=NCC(=O)NC(CSSCC(NC(=O)C[n+]1ccccc1/C=C/c1ccc(N(CCO)CCO)cc1)C(=O)O)C(=O)O. The van der Waals surface area contributed by atoms with Gasteiger partial charge < -0.3 is 51.1 Å². The average molecular weight is 892 g/mol. The van der Waals surface area contributed by atoms with Crippen LogP contribution in [0.2, 0.25) is 0 Å². The topological polar surface area (TPSA) is 236 Å². The number of rotatable bonds is 29. The maximum absolute atomic E-state index is 13.0. The van der Waals surface area contributed by atoms with Crippen LogP contribution in [-0.4, -0.2) is 143 Å². The van der Waals surface area contributed by atoms with E-state index in [9.17, 15) is 49.8 Å². The number of carboxylic acid groups (broad SMARTS) is 2. The molecule has 0 spiro atoms. The number of benzene rings is 2. The Hall–Kier alpha value is -5.76. The zero-order valence-electron chi connectivity index (χ0n) is 34.2. The van der Waals surface area contributed by atoms with Crippen LogP contribution < -0.4 is 25.0 Å². The molecule has 16 nitrogen and oxygen atoms in total. The number of hydrogen-bond acceptors (Lipinski definition) is 13. The summed E-state index contributed by atoms with van der Waals surface area (Å²) in [6.45, 7) is 4.46. The van der Waals surface area contributed by atoms with Crippen molar-refractivity contribution in [1.29, 1.82) is 0 Å². The van der Waals surface area contributed by atoms with E-state index in [0.29, 0.717) is 37.6 Å². The summed E-state index contributed by atoms with van der Waals surface area (Å²) in [6, 6.07) is 17.8. The van der Waals surface area contributed by atoms with Gasteiger partial charge in [-0.25, -0.2) is 9.59 Å². The van der Waals surface area contributed by atoms with E-state index in [0.717, 1.165) is 44.1 Å². The molecule has 0 aliphatic rings. The van der Waals surface area contributed by atoms with Crippen molar-refractivity contribution in [2.45, 2.75) is 18.6 Å². The lowest BCUT2D eigenvalue weighted by atomic mass is 10.1. The Kier molecular flexibility index (Phi) is 23.4. The molecule has 2 unspecified atom stereocenters. The van der Waals surface area contributed by atoms with E-state index < -0.39 is 35.8 Å². The summed E-state index contributed by atoms with van der Waals surface area (Å²) < 4.78 is 1.67. The molecule has 2 amide bonds. The molecule has 0 radical (unpaired) electrons. The molecule has 8 N–H and O–H groups in total. The van der Waals surface area contributed by atoms with Gasteiger partial charge in [0.15, 0.2) is 6.20 Å². The van der Waals surface area contributed by atoms with Crippen molar-refractivity contribution in [2.24, 2.45) is 4.99 Å². The van der Waals surface area contributed by atoms with E-state index in [1.165, 1.54) is 0 Å². The minimum Gasteiger partial charge on any atom is -0.480 e. The van der Waals surface area contributed by atoms with Crippen molar-refractivity contribution < 1.29 is 54.4 Å². The van der Waals surface area contributed by atoms with Crippen LogP contribution in [0, 0.1) is 0 Å². The number of aliphatic imine (C=N–C) groups is 1. The lowest BCUT2D eigenvalue weighted by molar-refractivity contribution is -0.686. The fraction of sp³-hybridized carbons (Fsp3) is 0.318. The Bertz CT molecular complexity index is 2000. The number of carbonyl (C=O) groups is 4. The van der Waals surface area contributed by atoms with Crippen LogP contribution in [0.25, 0.3) is 18.2 Å². The van der Waals surface area contributed by atoms with Crippen LogP contribution >= 0.6 is 21.6 Å². The largest absolute Gasteiger partial charge is 0.480 e. The highest BCUT2D eigenvalue weighted by atomic mass is 33.1. The summed E-state index contributed by atoms with van der Waals surface area (Å²) >= 11 is 0. The minimum atomic E-state index is -1.29. The second-order valence-electron chi connectivity index (χ2n) is 13.3. The number of anilines is 2. The molecular formula is C44H55N6O10S2+. The summed E-state index contributed by atoms with van der Waals surface area (Å²) in [7, 11) is 2.09. The fourth-order valence-electron chi connectivity index (χ4n) is 5.67. The van der Waals surface area contributed by atoms with Crippen LogP contribution in [0.15, 0.2) is 109 Å². The third kappa shape index (κ3) is 18.5. The van der Waals surface area contributed by atoms with Gasteiger partial charge in [0, 0.05) is 67.3 Å². The van der Waals surface area contributed by atoms with Gasteiger partial charge in [-0.1, -0.05) is 70.7 Å². The van der Waals surface area contributed by atoms with Gasteiger partial charge >= 0.3 is 11.9 Å². The smallest absolute Gasteiger partial charge is 0.327 e. The van der Waals surface area contributed by atoms with Gasteiger partial charge in [-0.15, -0.1) is 0 Å². The van der Waals surface area contributed by atoms with Gasteiger partial charge in [-0.2, -0.15) is 4.57 Å². The maximum Gasteiger partial charge on any atom is 0.327 e. The molecule has 0 saturated carbocycles. The highest BCUT2D eigenvalue weighted by Gasteiger charge is 2.25. The Morgan fingerprint density at radius 3 is 1.66 bits per heavy atom. The monoisotopic (exact) mass is 891 g/mol. The maximum atomic E-state index is 13.0. The van der Waals surface area contributed by atoms with Gasteiger partial charge in [0.05, 0.1) is 32.1 Å². The molecule has 1 heterocycles. The Balaban J connectivity index is 1.53. The molecule has 0 fully saturated rings. The molecule has 62 heavy (non-hydrogen) atoms. The second-order valence-corrected chi connectivity index (χ2v) is 15.8. The number of carboxylic acids is 2. The minimum absolute atomic E-state index is 0.0441. The standard InChI is InChI=1S/C44H54N6O10S2/c1-2-3-6-35(14-8-33-10-16-37(17-11-33)48(21-25-51)22-26-52)45-29-41(55)46-39(43(57)58)31-61-62-32-40(44(59)60)47-42(56)30-50-20-5-4-7-36(50)15-9-34-12-18-38(19-13-34)49(23-27-53)24-28-54/h2-20,39-40,51-54H,1,21-32H2,(H3-,46,47,55,56,57,58,59,60)/p+1/b6-3-,14-8+,45-35?. The predicted molar refractivity (Wildman–Crippen MR) is 246 cm³/mol. The molecule has 3 aromatic rings. The summed E-state index contributed by atoms with van der Waals surface area (Å²) in [5.74, 6) is -3.90. The van der Waals surface area contributed by atoms with E-state index in [-0.39, 0.29) is 51.0 Å². The number of aromatic nitrogens is 1. The van der Waals surface area contributed by atoms with E-state index in [1.807, 2.05) is 82.6 Å². The van der Waals surface area contributed by atoms with Crippen molar-refractivity contribution in [3.8, 4) is 0 Å². The van der Waals surface area contributed by atoms with Crippen LogP contribution in [-0.2, 0) is 25.7 Å². The van der Waals surface area contributed by atoms with Crippen LogP contribution in [0.1, 0.15) is 16.8 Å². The van der Waals surface area contributed by atoms with E-state index in [2.05, 4.69) is 22.2 Å². The third-order valence-electron chi connectivity index (χ3n) is 8.81. The first-order valence-electron chi connectivity index (χ1n) is 19.6. The number of carbonyl (C=O) groups excluding carboxylic acids is 2. The highest BCUT2D eigenvalue weighted by Crippen LogP contribution is 2.23. The second kappa shape index (κ2) is 28.7. The number of amides is 2. The predicted octanol–water partition coefficient (Wildman–Crippen LogP) is 2.14. The first kappa shape index (κ1) is 50.6.